The third-order valence-electron chi connectivity index (χ3n) is 4.27. The molecule has 3 aromatic carbocycles. The van der Waals surface area contributed by atoms with E-state index in [4.69, 9.17) is 9.29 Å². The lowest BCUT2D eigenvalue weighted by Crippen LogP contribution is -2.09. The second-order valence-corrected chi connectivity index (χ2v) is 9.21. The molecule has 0 aromatic heterocycles. The molecule has 3 aromatic rings. The van der Waals surface area contributed by atoms with Crippen LogP contribution in [0, 0.1) is 10.5 Å². The Bertz CT molecular complexity index is 1010. The lowest BCUT2D eigenvalue weighted by Gasteiger charge is -2.13. The molecule has 0 fully saturated rings. The maximum Gasteiger partial charge on any atom is 0.294 e. The van der Waals surface area contributed by atoms with E-state index >= 15 is 0 Å². The Balaban J connectivity index is 0.000000234. The number of hydrogen-bond acceptors (Lipinski definition) is 3. The zero-order chi connectivity index (χ0) is 21.4. The van der Waals surface area contributed by atoms with Crippen molar-refractivity contribution in [1.82, 2.24) is 0 Å². The normalized spacial score (nSPS) is 11.9. The lowest BCUT2D eigenvalue weighted by atomic mass is 10.1. The summed E-state index contributed by atoms with van der Waals surface area (Å²) in [5.74, 6) is 0.944. The van der Waals surface area contributed by atoms with E-state index in [1.807, 2.05) is 19.1 Å². The second-order valence-electron chi connectivity index (χ2n) is 6.63. The second kappa shape index (κ2) is 10.8. The molecule has 0 spiro atoms. The molecule has 0 aliphatic carbocycles. The van der Waals surface area contributed by atoms with Crippen LogP contribution in [0.4, 0.5) is 0 Å². The van der Waals surface area contributed by atoms with E-state index in [0.717, 1.165) is 17.7 Å². The molecule has 0 radical (unpaired) electrons. The van der Waals surface area contributed by atoms with Gasteiger partial charge in [-0.3, -0.25) is 4.55 Å². The van der Waals surface area contributed by atoms with Crippen LogP contribution in [-0.4, -0.2) is 19.1 Å². The zero-order valence-corrected chi connectivity index (χ0v) is 19.6. The van der Waals surface area contributed by atoms with Gasteiger partial charge in [-0.05, 0) is 84.3 Å². The monoisotopic (exact) mass is 524 g/mol. The lowest BCUT2D eigenvalue weighted by molar-refractivity contribution is 0.217. The number of halogens is 1. The van der Waals surface area contributed by atoms with E-state index in [9.17, 15) is 8.42 Å². The highest BCUT2D eigenvalue weighted by Crippen LogP contribution is 2.27. The third-order valence-corrected chi connectivity index (χ3v) is 6.08. The van der Waals surface area contributed by atoms with Crippen molar-refractivity contribution in [3.05, 3.63) is 81.9 Å². The third kappa shape index (κ3) is 7.45. The highest BCUT2D eigenvalue weighted by atomic mass is 127. The molecule has 1 unspecified atom stereocenters. The Morgan fingerprint density at radius 1 is 0.966 bits per heavy atom. The van der Waals surface area contributed by atoms with E-state index in [2.05, 4.69) is 72.8 Å². The van der Waals surface area contributed by atoms with Crippen molar-refractivity contribution in [2.75, 3.05) is 0 Å². The summed E-state index contributed by atoms with van der Waals surface area (Å²) in [7, 11) is -4.02. The van der Waals surface area contributed by atoms with E-state index in [1.165, 1.54) is 26.8 Å². The summed E-state index contributed by atoms with van der Waals surface area (Å²) in [5, 5.41) is 0. The molecule has 4 nitrogen and oxygen atoms in total. The number of rotatable bonds is 5. The first-order valence-corrected chi connectivity index (χ1v) is 11.8. The molecule has 0 bridgehead atoms. The Hall–Kier alpha value is -1.90. The molecule has 3 rings (SSSR count). The maximum atomic E-state index is 10.5. The summed E-state index contributed by atoms with van der Waals surface area (Å²) in [6.07, 6.45) is 1.30. The molecular weight excluding hydrogens is 499 g/mol. The Labute approximate surface area is 186 Å². The smallest absolute Gasteiger partial charge is 0.294 e. The minimum Gasteiger partial charge on any atom is -0.491 e. The molecule has 29 heavy (non-hydrogen) atoms. The molecule has 0 aliphatic rings. The van der Waals surface area contributed by atoms with Crippen molar-refractivity contribution in [1.29, 1.82) is 0 Å². The summed E-state index contributed by atoms with van der Waals surface area (Å²) in [5.41, 5.74) is 3.46. The summed E-state index contributed by atoms with van der Waals surface area (Å²) in [6, 6.07) is 22.7. The molecule has 1 N–H and O–H groups in total. The average Bonchev–Trinajstić information content (AvgIpc) is 2.69. The topological polar surface area (TPSA) is 63.6 Å². The maximum absolute atomic E-state index is 10.5. The molecule has 0 heterocycles. The van der Waals surface area contributed by atoms with Crippen molar-refractivity contribution in [3.63, 3.8) is 0 Å². The van der Waals surface area contributed by atoms with Crippen molar-refractivity contribution < 1.29 is 17.7 Å². The van der Waals surface area contributed by atoms with Crippen molar-refractivity contribution in [2.24, 2.45) is 0 Å². The molecule has 0 saturated carbocycles. The van der Waals surface area contributed by atoms with Crippen LogP contribution in [0.3, 0.4) is 0 Å². The fourth-order valence-electron chi connectivity index (χ4n) is 2.43. The van der Waals surface area contributed by atoms with Crippen LogP contribution in [0.15, 0.2) is 77.7 Å². The number of benzene rings is 3. The molecule has 0 amide bonds. The van der Waals surface area contributed by atoms with Crippen LogP contribution in [0.5, 0.6) is 5.75 Å². The highest BCUT2D eigenvalue weighted by molar-refractivity contribution is 14.1. The highest BCUT2D eigenvalue weighted by Gasteiger charge is 2.07. The Morgan fingerprint density at radius 2 is 1.55 bits per heavy atom. The number of aryl methyl sites for hydroxylation is 1. The van der Waals surface area contributed by atoms with Crippen LogP contribution in [0.1, 0.15) is 25.8 Å². The van der Waals surface area contributed by atoms with Gasteiger partial charge in [-0.25, -0.2) is 0 Å². The largest absolute Gasteiger partial charge is 0.491 e. The van der Waals surface area contributed by atoms with Gasteiger partial charge >= 0.3 is 0 Å². The zero-order valence-electron chi connectivity index (χ0n) is 16.7. The van der Waals surface area contributed by atoms with Crippen molar-refractivity contribution in [2.45, 2.75) is 38.2 Å². The van der Waals surface area contributed by atoms with Crippen LogP contribution in [0.25, 0.3) is 11.1 Å². The van der Waals surface area contributed by atoms with Gasteiger partial charge < -0.3 is 4.74 Å². The fraction of sp³-hybridized carbons (Fsp3) is 0.217. The minimum absolute atomic E-state index is 0.0666. The van der Waals surface area contributed by atoms with Gasteiger partial charge in [-0.2, -0.15) is 8.42 Å². The predicted octanol–water partition coefficient (Wildman–Crippen LogP) is 6.38. The molecular formula is C23H25IO4S. The molecule has 0 saturated heterocycles. The van der Waals surface area contributed by atoms with Gasteiger partial charge in [0.25, 0.3) is 10.1 Å². The summed E-state index contributed by atoms with van der Waals surface area (Å²) in [4.78, 5) is -0.0666. The van der Waals surface area contributed by atoms with Gasteiger partial charge in [0, 0.05) is 3.57 Å². The van der Waals surface area contributed by atoms with Gasteiger partial charge in [-0.15, -0.1) is 0 Å². The van der Waals surface area contributed by atoms with Crippen LogP contribution in [0.2, 0.25) is 0 Å². The van der Waals surface area contributed by atoms with Crippen LogP contribution < -0.4 is 4.74 Å². The minimum atomic E-state index is -4.02. The van der Waals surface area contributed by atoms with Crippen molar-refractivity contribution >= 4 is 32.7 Å². The van der Waals surface area contributed by atoms with Gasteiger partial charge in [0.1, 0.15) is 5.75 Å². The van der Waals surface area contributed by atoms with Gasteiger partial charge in [-0.1, -0.05) is 55.0 Å². The van der Waals surface area contributed by atoms with Crippen LogP contribution in [-0.2, 0) is 10.1 Å². The molecule has 6 heteroatoms. The average molecular weight is 524 g/mol. The number of ether oxygens (including phenoxy) is 1. The van der Waals surface area contributed by atoms with Gasteiger partial charge in [0.05, 0.1) is 11.0 Å². The van der Waals surface area contributed by atoms with Crippen molar-refractivity contribution in [3.8, 4) is 16.9 Å². The first-order valence-electron chi connectivity index (χ1n) is 9.26. The standard InChI is InChI=1S/C16H17IO.C7H8O3S/c1-3-12(2)18-14-10-8-13(9-11-14)15-6-4-5-7-16(15)17;1-6-2-4-7(5-3-6)11(8,9)10/h4-12H,3H2,1-2H3;2-5H,1H3,(H,8,9,10). The first kappa shape index (κ1) is 23.4. The Morgan fingerprint density at radius 3 is 2.07 bits per heavy atom. The summed E-state index contributed by atoms with van der Waals surface area (Å²) < 4.78 is 36.6. The quantitative estimate of drug-likeness (QED) is 0.311. The summed E-state index contributed by atoms with van der Waals surface area (Å²) in [6.45, 7) is 6.06. The van der Waals surface area contributed by atoms with E-state index in [-0.39, 0.29) is 11.0 Å². The summed E-state index contributed by atoms with van der Waals surface area (Å²) >= 11 is 2.37. The SMILES string of the molecule is CCC(C)Oc1ccc(-c2ccccc2I)cc1.Cc1ccc(S(=O)(=O)O)cc1. The Kier molecular flexibility index (Phi) is 8.67. The van der Waals surface area contributed by atoms with Gasteiger partial charge in [0.15, 0.2) is 0 Å². The fourth-order valence-corrected chi connectivity index (χ4v) is 3.61. The molecule has 0 aliphatic heterocycles. The van der Waals surface area contributed by atoms with Gasteiger partial charge in [0.2, 0.25) is 0 Å². The number of hydrogen-bond donors (Lipinski definition) is 1. The van der Waals surface area contributed by atoms with E-state index < -0.39 is 10.1 Å². The molecule has 154 valence electrons. The van der Waals surface area contributed by atoms with E-state index in [0.29, 0.717) is 0 Å². The predicted molar refractivity (Wildman–Crippen MR) is 126 cm³/mol. The van der Waals surface area contributed by atoms with Crippen LogP contribution >= 0.6 is 22.6 Å². The van der Waals surface area contributed by atoms with E-state index in [1.54, 1.807) is 12.1 Å². The molecule has 1 atom stereocenters. The first-order chi connectivity index (χ1) is 13.7.